The third-order valence-corrected chi connectivity index (χ3v) is 3.06. The third kappa shape index (κ3) is 8.92. The van der Waals surface area contributed by atoms with E-state index < -0.39 is 0 Å². The lowest BCUT2D eigenvalue weighted by Crippen LogP contribution is -2.43. The highest BCUT2D eigenvalue weighted by atomic mass is 127. The maximum absolute atomic E-state index is 11.5. The van der Waals surface area contributed by atoms with E-state index in [9.17, 15) is 4.79 Å². The normalized spacial score (nSPS) is 18.4. The number of carbonyl (C=O) groups is 1. The molecule has 1 aliphatic rings. The molecule has 122 valence electrons. The van der Waals surface area contributed by atoms with Crippen molar-refractivity contribution in [1.82, 2.24) is 15.5 Å². The van der Waals surface area contributed by atoms with Crippen LogP contribution in [0.4, 0.5) is 0 Å². The molecule has 2 N–H and O–H groups in total. The van der Waals surface area contributed by atoms with Crippen LogP contribution in [-0.2, 0) is 9.53 Å². The summed E-state index contributed by atoms with van der Waals surface area (Å²) in [6, 6.07) is 0. The second-order valence-corrected chi connectivity index (χ2v) is 4.99. The van der Waals surface area contributed by atoms with Crippen LogP contribution in [0.15, 0.2) is 17.6 Å². The number of nitrogens with one attached hydrogen (secondary N) is 2. The molecule has 1 fully saturated rings. The zero-order chi connectivity index (χ0) is 14.8. The van der Waals surface area contributed by atoms with E-state index in [4.69, 9.17) is 4.74 Å². The molecule has 0 aromatic carbocycles. The van der Waals surface area contributed by atoms with Crippen molar-refractivity contribution in [3.8, 4) is 0 Å². The lowest BCUT2D eigenvalue weighted by atomic mass is 10.1. The van der Waals surface area contributed by atoms with Crippen LogP contribution in [0.25, 0.3) is 0 Å². The van der Waals surface area contributed by atoms with Crippen molar-refractivity contribution >= 4 is 35.8 Å². The molecule has 21 heavy (non-hydrogen) atoms. The maximum atomic E-state index is 11.5. The first-order valence-electron chi connectivity index (χ1n) is 7.08. The molecule has 6 nitrogen and oxygen atoms in total. The molecule has 7 heteroatoms. The number of likely N-dealkylation sites (N-methyl/N-ethyl adjacent to an activating group) is 1. The Bertz CT molecular complexity index is 342. The number of nitrogens with zero attached hydrogens (tertiary/aromatic N) is 2. The van der Waals surface area contributed by atoms with Crippen LogP contribution in [0, 0.1) is 0 Å². The van der Waals surface area contributed by atoms with E-state index in [2.05, 4.69) is 22.2 Å². The van der Waals surface area contributed by atoms with Crippen molar-refractivity contribution in [2.45, 2.75) is 25.4 Å². The molecule has 1 rings (SSSR count). The first kappa shape index (κ1) is 20.2. The summed E-state index contributed by atoms with van der Waals surface area (Å²) in [5.41, 5.74) is 0. The van der Waals surface area contributed by atoms with Gasteiger partial charge in [-0.2, -0.15) is 0 Å². The van der Waals surface area contributed by atoms with Gasteiger partial charge in [0, 0.05) is 33.8 Å². The van der Waals surface area contributed by atoms with Gasteiger partial charge in [0.25, 0.3) is 0 Å². The summed E-state index contributed by atoms with van der Waals surface area (Å²) in [6.45, 7) is 5.93. The van der Waals surface area contributed by atoms with E-state index in [0.717, 1.165) is 19.4 Å². The fraction of sp³-hybridized carbons (Fsp3) is 0.714. The van der Waals surface area contributed by atoms with Crippen LogP contribution >= 0.6 is 24.0 Å². The first-order valence-corrected chi connectivity index (χ1v) is 7.08. The SMILES string of the molecule is C=CCNC(=NCC(=O)N(C)C)NCC1CCCCO1.I. The zero-order valence-corrected chi connectivity index (χ0v) is 15.3. The highest BCUT2D eigenvalue weighted by Gasteiger charge is 2.14. The van der Waals surface area contributed by atoms with Gasteiger partial charge in [-0.1, -0.05) is 6.08 Å². The molecule has 1 saturated heterocycles. The van der Waals surface area contributed by atoms with Crippen molar-refractivity contribution in [3.05, 3.63) is 12.7 Å². The molecule has 1 amide bonds. The van der Waals surface area contributed by atoms with E-state index in [1.807, 2.05) is 0 Å². The van der Waals surface area contributed by atoms with Crippen LogP contribution in [-0.4, -0.2) is 63.2 Å². The van der Waals surface area contributed by atoms with Gasteiger partial charge in [-0.15, -0.1) is 30.6 Å². The van der Waals surface area contributed by atoms with Gasteiger partial charge in [-0.25, -0.2) is 4.99 Å². The van der Waals surface area contributed by atoms with Crippen molar-refractivity contribution < 1.29 is 9.53 Å². The minimum absolute atomic E-state index is 0. The lowest BCUT2D eigenvalue weighted by Gasteiger charge is -2.23. The zero-order valence-electron chi connectivity index (χ0n) is 12.9. The average molecular weight is 410 g/mol. The van der Waals surface area contributed by atoms with Gasteiger partial charge >= 0.3 is 0 Å². The fourth-order valence-corrected chi connectivity index (χ4v) is 1.81. The third-order valence-electron chi connectivity index (χ3n) is 3.06. The first-order chi connectivity index (χ1) is 9.63. The van der Waals surface area contributed by atoms with Crippen LogP contribution < -0.4 is 10.6 Å². The minimum atomic E-state index is -0.0291. The van der Waals surface area contributed by atoms with E-state index in [-0.39, 0.29) is 42.5 Å². The summed E-state index contributed by atoms with van der Waals surface area (Å²) < 4.78 is 5.66. The molecule has 0 spiro atoms. The maximum Gasteiger partial charge on any atom is 0.243 e. The molecular formula is C14H27IN4O2. The van der Waals surface area contributed by atoms with Crippen LogP contribution in [0.5, 0.6) is 0 Å². The molecule has 1 aliphatic heterocycles. The van der Waals surface area contributed by atoms with E-state index >= 15 is 0 Å². The Kier molecular flexibility index (Phi) is 11.3. The van der Waals surface area contributed by atoms with Crippen molar-refractivity contribution in [2.24, 2.45) is 4.99 Å². The molecule has 0 saturated carbocycles. The van der Waals surface area contributed by atoms with Crippen LogP contribution in [0.1, 0.15) is 19.3 Å². The fourth-order valence-electron chi connectivity index (χ4n) is 1.81. The number of rotatable bonds is 6. The number of carbonyl (C=O) groups excluding carboxylic acids is 1. The van der Waals surface area contributed by atoms with Gasteiger partial charge in [-0.3, -0.25) is 4.79 Å². The topological polar surface area (TPSA) is 66.0 Å². The van der Waals surface area contributed by atoms with Gasteiger partial charge in [0.15, 0.2) is 5.96 Å². The molecule has 0 aliphatic carbocycles. The number of ether oxygens (including phenoxy) is 1. The molecule has 1 unspecified atom stereocenters. The predicted octanol–water partition coefficient (Wildman–Crippen LogP) is 0.983. The number of amides is 1. The Balaban J connectivity index is 0.00000400. The quantitative estimate of drug-likeness (QED) is 0.297. The summed E-state index contributed by atoms with van der Waals surface area (Å²) in [6.07, 6.45) is 5.39. The number of aliphatic imine (C=N–C) groups is 1. The van der Waals surface area contributed by atoms with Crippen molar-refractivity contribution in [1.29, 1.82) is 0 Å². The molecule has 0 bridgehead atoms. The standard InChI is InChI=1S/C14H26N4O2.HI/c1-4-8-15-14(17-11-13(19)18(2)3)16-10-12-7-5-6-9-20-12;/h4,12H,1,5-11H2,2-3H3,(H2,15,16,17);1H. The molecule has 0 aromatic rings. The Morgan fingerprint density at radius 1 is 1.43 bits per heavy atom. The van der Waals surface area contributed by atoms with Crippen LogP contribution in [0.2, 0.25) is 0 Å². The van der Waals surface area contributed by atoms with Crippen molar-refractivity contribution in [2.75, 3.05) is 40.3 Å². The van der Waals surface area contributed by atoms with Gasteiger partial charge in [-0.05, 0) is 19.3 Å². The van der Waals surface area contributed by atoms with Crippen molar-refractivity contribution in [3.63, 3.8) is 0 Å². The van der Waals surface area contributed by atoms with E-state index in [1.54, 1.807) is 20.2 Å². The smallest absolute Gasteiger partial charge is 0.243 e. The number of hydrogen-bond acceptors (Lipinski definition) is 3. The summed E-state index contributed by atoms with van der Waals surface area (Å²) >= 11 is 0. The Morgan fingerprint density at radius 3 is 2.76 bits per heavy atom. The lowest BCUT2D eigenvalue weighted by molar-refractivity contribution is -0.127. The van der Waals surface area contributed by atoms with Gasteiger partial charge in [0.05, 0.1) is 6.10 Å². The van der Waals surface area contributed by atoms with Gasteiger partial charge in [0.2, 0.25) is 5.91 Å². The summed E-state index contributed by atoms with van der Waals surface area (Å²) in [7, 11) is 3.44. The Hall–Kier alpha value is -0.830. The monoisotopic (exact) mass is 410 g/mol. The molecule has 1 atom stereocenters. The highest BCUT2D eigenvalue weighted by Crippen LogP contribution is 2.11. The highest BCUT2D eigenvalue weighted by molar-refractivity contribution is 14.0. The van der Waals surface area contributed by atoms with Crippen LogP contribution in [0.3, 0.4) is 0 Å². The Morgan fingerprint density at radius 2 is 2.19 bits per heavy atom. The average Bonchev–Trinajstić information content (AvgIpc) is 2.47. The number of guanidine groups is 1. The second kappa shape index (κ2) is 11.8. The van der Waals surface area contributed by atoms with E-state index in [1.165, 1.54) is 11.3 Å². The second-order valence-electron chi connectivity index (χ2n) is 4.99. The van der Waals surface area contributed by atoms with E-state index in [0.29, 0.717) is 19.0 Å². The largest absolute Gasteiger partial charge is 0.376 e. The number of halogens is 1. The molecule has 0 aromatic heterocycles. The molecule has 1 heterocycles. The minimum Gasteiger partial charge on any atom is -0.376 e. The van der Waals surface area contributed by atoms with Gasteiger partial charge < -0.3 is 20.3 Å². The molecular weight excluding hydrogens is 383 g/mol. The predicted molar refractivity (Wildman–Crippen MR) is 96.2 cm³/mol. The summed E-state index contributed by atoms with van der Waals surface area (Å²) in [5, 5.41) is 6.31. The Labute approximate surface area is 144 Å². The summed E-state index contributed by atoms with van der Waals surface area (Å²) in [4.78, 5) is 17.3. The van der Waals surface area contributed by atoms with Gasteiger partial charge in [0.1, 0.15) is 6.54 Å². The molecule has 0 radical (unpaired) electrons. The summed E-state index contributed by atoms with van der Waals surface area (Å²) in [5.74, 6) is 0.591. The number of hydrogen-bond donors (Lipinski definition) is 2.